The van der Waals surface area contributed by atoms with Crippen molar-refractivity contribution in [2.45, 2.75) is 488 Å². The molecule has 0 N–H and O–H groups in total. The molecule has 10 aliphatic rings. The summed E-state index contributed by atoms with van der Waals surface area (Å²) in [5.74, 6) is -1.48. The third kappa shape index (κ3) is 39.2. The molecule has 0 amide bonds. The first-order chi connectivity index (χ1) is 58.1. The summed E-state index contributed by atoms with van der Waals surface area (Å²) in [4.78, 5) is 0. The summed E-state index contributed by atoms with van der Waals surface area (Å²) in [5, 5.41) is 0. The molecule has 10 saturated carbocycles. The van der Waals surface area contributed by atoms with Gasteiger partial charge in [0.15, 0.2) is 16.2 Å². The van der Waals surface area contributed by atoms with Gasteiger partial charge in [-0.15, -0.1) is 0 Å². The van der Waals surface area contributed by atoms with E-state index in [1.54, 1.807) is 34.6 Å². The maximum absolute atomic E-state index is 13.0. The molecule has 0 saturated heterocycles. The number of alkyl halides is 33. The van der Waals surface area contributed by atoms with Crippen LogP contribution in [0.15, 0.2) is 0 Å². The fourth-order valence-electron chi connectivity index (χ4n) is 19.0. The van der Waals surface area contributed by atoms with E-state index >= 15 is 0 Å². The first-order valence-corrected chi connectivity index (χ1v) is 47.8. The normalized spacial score (nSPS) is 27.7. The van der Waals surface area contributed by atoms with Crippen molar-refractivity contribution in [1.82, 2.24) is 0 Å². The van der Waals surface area contributed by atoms with E-state index < -0.39 is 162 Å². The number of hydrogen-bond acceptors (Lipinski definition) is 0. The van der Waals surface area contributed by atoms with Gasteiger partial charge >= 0.3 is 67.9 Å². The van der Waals surface area contributed by atoms with Crippen LogP contribution in [0.1, 0.15) is 420 Å². The lowest BCUT2D eigenvalue weighted by Crippen LogP contribution is -2.55. The summed E-state index contributed by atoms with van der Waals surface area (Å²) >= 11 is 0. The molecule has 132 heavy (non-hydrogen) atoms. The minimum Gasteiger partial charge on any atom is -0.171 e. The van der Waals surface area contributed by atoms with E-state index in [1.165, 1.54) is 66.2 Å². The predicted molar refractivity (Wildman–Crippen MR) is 464 cm³/mol. The SMILES string of the molecule is CC(C)(C)C.CC(C)(C)C(C)(C)C(C)(C)C(F)(F)F.CC1CCC(C(F)(F)F)(C(F)(F)F)CC1.CC1CCC(C(F)(F)F)CC1.CC1CCC2(CC1)CCC(C(F)(F)F)(C(F)(F)F)CC2.CC1CCCC(C(F)(F)F)[C@@H]1C.CCC(C)(C)C.C[C@@H]1CCCC(C(F)(F)F)C1.C[C@@H]1CCCCC1(C(F)(F)F)C(F)(F)F.C[C@H](C(C)(C)C)C(C)(C)C(F)(F)F.C[C@H]1CC2CCC1(C)CC2. The highest BCUT2D eigenvalue weighted by Gasteiger charge is 2.74. The zero-order chi connectivity index (χ0) is 105. The van der Waals surface area contributed by atoms with Crippen molar-refractivity contribution in [2.24, 2.45) is 142 Å². The number of halogens is 33. The Morgan fingerprint density at radius 1 is 0.303 bits per heavy atom. The molecule has 0 aromatic heterocycles. The molecule has 10 fully saturated rings. The van der Waals surface area contributed by atoms with Gasteiger partial charge < -0.3 is 0 Å². The Morgan fingerprint density at radius 2 is 0.659 bits per heavy atom. The second kappa shape index (κ2) is 48.6. The smallest absolute Gasteiger partial charge is 0.171 e. The van der Waals surface area contributed by atoms with Crippen LogP contribution in [0.4, 0.5) is 145 Å². The third-order valence-corrected chi connectivity index (χ3v) is 32.6. The highest BCUT2D eigenvalue weighted by molar-refractivity contribution is 5.04. The zero-order valence-electron chi connectivity index (χ0n) is 84.8. The molecule has 3 unspecified atom stereocenters. The molecule has 0 radical (unpaired) electrons. The molecule has 8 atom stereocenters. The van der Waals surface area contributed by atoms with Crippen LogP contribution in [-0.4, -0.2) is 67.9 Å². The van der Waals surface area contributed by atoms with Gasteiger partial charge in [-0.2, -0.15) is 145 Å². The Bertz CT molecular complexity index is 3060. The van der Waals surface area contributed by atoms with Crippen molar-refractivity contribution in [1.29, 1.82) is 0 Å². The zero-order valence-corrected chi connectivity index (χ0v) is 84.8. The van der Waals surface area contributed by atoms with E-state index in [0.29, 0.717) is 61.2 Å². The van der Waals surface area contributed by atoms with Crippen LogP contribution in [0.25, 0.3) is 0 Å². The molecule has 0 aliphatic heterocycles. The molecule has 2 bridgehead atoms. The second-order valence-corrected chi connectivity index (χ2v) is 48.0. The van der Waals surface area contributed by atoms with Crippen molar-refractivity contribution in [3.05, 3.63) is 0 Å². The summed E-state index contributed by atoms with van der Waals surface area (Å²) < 4.78 is 415. The van der Waals surface area contributed by atoms with Crippen molar-refractivity contribution in [2.75, 3.05) is 0 Å². The maximum Gasteiger partial charge on any atom is 0.403 e. The molecule has 33 heteroatoms. The number of rotatable bonds is 2. The van der Waals surface area contributed by atoms with Gasteiger partial charge in [0.2, 0.25) is 0 Å². The van der Waals surface area contributed by atoms with Gasteiger partial charge in [-0.05, 0) is 238 Å². The summed E-state index contributed by atoms with van der Waals surface area (Å²) in [7, 11) is 0. The monoisotopic (exact) mass is 1990 g/mol. The lowest BCUT2D eigenvalue weighted by Gasteiger charge is -2.51. The molecule has 10 rings (SSSR count). The van der Waals surface area contributed by atoms with Gasteiger partial charge in [-0.25, -0.2) is 0 Å². The first kappa shape index (κ1) is 132. The van der Waals surface area contributed by atoms with E-state index in [9.17, 15) is 145 Å². The summed E-state index contributed by atoms with van der Waals surface area (Å²) in [6.07, 6.45) is -36.1. The highest BCUT2D eigenvalue weighted by Crippen LogP contribution is 2.66. The Kier molecular flexibility index (Phi) is 48.5. The van der Waals surface area contributed by atoms with Gasteiger partial charge in [0.05, 0.1) is 28.6 Å². The fourth-order valence-corrected chi connectivity index (χ4v) is 19.0. The first-order valence-electron chi connectivity index (χ1n) is 47.8. The highest BCUT2D eigenvalue weighted by atomic mass is 19.5. The van der Waals surface area contributed by atoms with Crippen LogP contribution < -0.4 is 0 Å². The van der Waals surface area contributed by atoms with E-state index in [2.05, 4.69) is 76.2 Å². The fraction of sp³-hybridized carbons (Fsp3) is 1.00. The van der Waals surface area contributed by atoms with Gasteiger partial charge in [0.1, 0.15) is 0 Å². The summed E-state index contributed by atoms with van der Waals surface area (Å²) in [6.45, 7) is 56.2. The van der Waals surface area contributed by atoms with E-state index in [4.69, 9.17) is 0 Å². The minimum atomic E-state index is -5.20. The molecule has 0 aromatic carbocycles. The van der Waals surface area contributed by atoms with Crippen LogP contribution in [0, 0.1) is 142 Å². The number of hydrogen-bond donors (Lipinski definition) is 0. The van der Waals surface area contributed by atoms with Crippen molar-refractivity contribution < 1.29 is 145 Å². The largest absolute Gasteiger partial charge is 0.403 e. The number of fused-ring (bicyclic) bond motifs is 3. The second-order valence-electron chi connectivity index (χ2n) is 48.0. The van der Waals surface area contributed by atoms with Gasteiger partial charge in [-0.3, -0.25) is 0 Å². The molecular weight excluding hydrogens is 1820 g/mol. The van der Waals surface area contributed by atoms with Gasteiger partial charge in [-0.1, -0.05) is 278 Å². The Balaban J connectivity index is 0. The van der Waals surface area contributed by atoms with Crippen LogP contribution in [-0.2, 0) is 0 Å². The lowest BCUT2D eigenvalue weighted by atomic mass is 9.55. The minimum absolute atomic E-state index is 0.0106. The van der Waals surface area contributed by atoms with Crippen LogP contribution >= 0.6 is 0 Å². The third-order valence-electron chi connectivity index (χ3n) is 32.6. The van der Waals surface area contributed by atoms with Crippen molar-refractivity contribution in [3.8, 4) is 0 Å². The van der Waals surface area contributed by atoms with Gasteiger partial charge in [0.25, 0.3) is 0 Å². The van der Waals surface area contributed by atoms with Crippen LogP contribution in [0.3, 0.4) is 0 Å². The van der Waals surface area contributed by atoms with E-state index in [0.717, 1.165) is 88.4 Å². The summed E-state index contributed by atoms with van der Waals surface area (Å²) in [5.41, 5.74) is -13.7. The van der Waals surface area contributed by atoms with Crippen LogP contribution in [0.5, 0.6) is 0 Å². The van der Waals surface area contributed by atoms with E-state index in [-0.39, 0.29) is 78.4 Å². The average molecular weight is 1990 g/mol. The molecule has 0 nitrogen and oxygen atoms in total. The molecule has 1 spiro atoms. The van der Waals surface area contributed by atoms with E-state index in [1.807, 2.05) is 62.3 Å². The summed E-state index contributed by atoms with van der Waals surface area (Å²) in [6, 6.07) is 0. The topological polar surface area (TPSA) is 0 Å². The van der Waals surface area contributed by atoms with Crippen molar-refractivity contribution >= 4 is 0 Å². The Morgan fingerprint density at radius 3 is 0.902 bits per heavy atom. The van der Waals surface area contributed by atoms with Crippen LogP contribution in [0.2, 0.25) is 0 Å². The van der Waals surface area contributed by atoms with Crippen molar-refractivity contribution in [3.63, 3.8) is 0 Å². The molecular formula is C99H169F33. The molecule has 0 heterocycles. The van der Waals surface area contributed by atoms with Gasteiger partial charge in [0, 0.05) is 0 Å². The standard InChI is InChI=1S/C14H20F6.C11H21F3.C10H19F3.C10H18.2C9H12F6.C9H15F3.2C8H13F3.C6H14.C5H12/c1-10-2-4-11(5-3-10)6-8-12(9-7-11,13(15,16)17)14(18,19)20;1-8(2,3)9(4,5)10(6,7)11(12,13)14;1-7(8(2,3)4)9(5,6)10(11,12)13;1-8-7-9-3-5-10(8,2)6-4-9;1-6-2-4-7(5-3-6,8(10,11)12)9(13,14)15;1-6-4-2-3-5-7(6,8(10,11)12)9(13,14)15;1-6-4-3-5-8(7(6)2)9(10,11)12;1-6-2-4-7(5-3-6)8(9,10)11;1-6-3-2-4-7(5-6)8(9,10)11;1-5-6(2,3)4;1-5(2,3)4/h10H,2-9H2,1H3;1-7H3;7H,1-6H3;8-9H,3-7H2,1-2H3;2*6H,2-5H2,1H3;6-8H,3-5H2,1-2H3;2*6-7H,2-5H2,1H3;5H2,1-4H3;1-4H3/t;;7-;8-,9?,10?;;6-;6?,7-,8?;;6-,7?;;/m..10.11.1../s1. The maximum atomic E-state index is 13.0. The molecule has 796 valence electrons. The Labute approximate surface area is 771 Å². The molecule has 10 aliphatic carbocycles. The predicted octanol–water partition coefficient (Wildman–Crippen LogP) is 41.5. The average Bonchev–Trinajstić information content (AvgIpc) is 0.743. The quantitative estimate of drug-likeness (QED) is 0.242. The molecule has 0 aromatic rings. The lowest BCUT2D eigenvalue weighted by molar-refractivity contribution is -0.364. The Hall–Kier alpha value is -2.31.